The number of nitrogen functional groups attached to an aromatic ring is 1. The lowest BCUT2D eigenvalue weighted by atomic mass is 9.88. The summed E-state index contributed by atoms with van der Waals surface area (Å²) in [5.74, 6) is 0.0633. The van der Waals surface area contributed by atoms with Gasteiger partial charge in [0, 0.05) is 18.3 Å². The average molecular weight is 324 g/mol. The average Bonchev–Trinajstić information content (AvgIpc) is 2.47. The molecule has 0 amide bonds. The van der Waals surface area contributed by atoms with Crippen LogP contribution < -0.4 is 10.5 Å². The zero-order valence-corrected chi connectivity index (χ0v) is 13.6. The van der Waals surface area contributed by atoms with E-state index in [-0.39, 0.29) is 17.9 Å². The standard InChI is InChI=1S/C16H24N2O3S/c17-13-7-8-15-12(10-13)4-3-6-16(15)18-22(19,20)11-14-5-1-2-9-21-14/h7-8,10,14,16,18H,1-6,9,11,17H2. The first-order valence-corrected chi connectivity index (χ1v) is 9.69. The molecule has 0 saturated carbocycles. The summed E-state index contributed by atoms with van der Waals surface area (Å²) in [6, 6.07) is 5.61. The number of aryl methyl sites for hydroxylation is 1. The van der Waals surface area contributed by atoms with E-state index in [0.717, 1.165) is 55.3 Å². The summed E-state index contributed by atoms with van der Waals surface area (Å²) >= 11 is 0. The molecule has 1 aromatic rings. The van der Waals surface area contributed by atoms with Crippen LogP contribution in [0, 0.1) is 0 Å². The highest BCUT2D eigenvalue weighted by Crippen LogP contribution is 2.31. The first-order chi connectivity index (χ1) is 10.5. The van der Waals surface area contributed by atoms with Gasteiger partial charge in [-0.1, -0.05) is 6.07 Å². The zero-order chi connectivity index (χ0) is 15.6. The van der Waals surface area contributed by atoms with Gasteiger partial charge in [0.15, 0.2) is 0 Å². The number of fused-ring (bicyclic) bond motifs is 1. The Morgan fingerprint density at radius 1 is 1.23 bits per heavy atom. The smallest absolute Gasteiger partial charge is 0.214 e. The van der Waals surface area contributed by atoms with Gasteiger partial charge in [-0.2, -0.15) is 0 Å². The summed E-state index contributed by atoms with van der Waals surface area (Å²) in [6.45, 7) is 0.672. The number of ether oxygens (including phenoxy) is 1. The first kappa shape index (κ1) is 15.8. The Morgan fingerprint density at radius 3 is 2.86 bits per heavy atom. The maximum Gasteiger partial charge on any atom is 0.214 e. The van der Waals surface area contributed by atoms with Crippen LogP contribution in [0.1, 0.15) is 49.3 Å². The van der Waals surface area contributed by atoms with E-state index in [1.807, 2.05) is 18.2 Å². The van der Waals surface area contributed by atoms with E-state index in [0.29, 0.717) is 6.61 Å². The van der Waals surface area contributed by atoms with E-state index in [2.05, 4.69) is 4.72 Å². The van der Waals surface area contributed by atoms with E-state index in [1.54, 1.807) is 0 Å². The van der Waals surface area contributed by atoms with Gasteiger partial charge < -0.3 is 10.5 Å². The Balaban J connectivity index is 1.70. The molecule has 1 fully saturated rings. The number of anilines is 1. The van der Waals surface area contributed by atoms with Crippen molar-refractivity contribution in [3.05, 3.63) is 29.3 Å². The fourth-order valence-electron chi connectivity index (χ4n) is 3.41. The molecule has 2 unspecified atom stereocenters. The summed E-state index contributed by atoms with van der Waals surface area (Å²) in [5, 5.41) is 0. The monoisotopic (exact) mass is 324 g/mol. The molecule has 2 aliphatic rings. The van der Waals surface area contributed by atoms with Crippen molar-refractivity contribution < 1.29 is 13.2 Å². The minimum atomic E-state index is -3.34. The maximum absolute atomic E-state index is 12.4. The van der Waals surface area contributed by atoms with Gasteiger partial charge in [-0.25, -0.2) is 13.1 Å². The van der Waals surface area contributed by atoms with Crippen LogP contribution in [0.4, 0.5) is 5.69 Å². The van der Waals surface area contributed by atoms with Gasteiger partial charge in [-0.05, 0) is 61.8 Å². The van der Waals surface area contributed by atoms with Crippen LogP contribution in [0.15, 0.2) is 18.2 Å². The number of hydrogen-bond acceptors (Lipinski definition) is 4. The fourth-order valence-corrected chi connectivity index (χ4v) is 4.93. The van der Waals surface area contributed by atoms with E-state index in [4.69, 9.17) is 10.5 Å². The van der Waals surface area contributed by atoms with Gasteiger partial charge in [0.2, 0.25) is 10.0 Å². The van der Waals surface area contributed by atoms with Crippen molar-refractivity contribution in [3.63, 3.8) is 0 Å². The lowest BCUT2D eigenvalue weighted by Gasteiger charge is -2.28. The largest absolute Gasteiger partial charge is 0.399 e. The van der Waals surface area contributed by atoms with Gasteiger partial charge >= 0.3 is 0 Å². The molecule has 2 atom stereocenters. The van der Waals surface area contributed by atoms with Gasteiger partial charge in [0.05, 0.1) is 11.9 Å². The molecule has 3 rings (SSSR count). The SMILES string of the molecule is Nc1ccc2c(c1)CCCC2NS(=O)(=O)CC1CCCCO1. The number of benzene rings is 1. The summed E-state index contributed by atoms with van der Waals surface area (Å²) in [6.07, 6.45) is 5.52. The normalized spacial score (nSPS) is 25.6. The fraction of sp³-hybridized carbons (Fsp3) is 0.625. The van der Waals surface area contributed by atoms with Crippen molar-refractivity contribution in [1.82, 2.24) is 4.72 Å². The molecule has 122 valence electrons. The summed E-state index contributed by atoms with van der Waals surface area (Å²) < 4.78 is 33.3. The topological polar surface area (TPSA) is 81.4 Å². The quantitative estimate of drug-likeness (QED) is 0.831. The van der Waals surface area contributed by atoms with Gasteiger partial charge in [0.25, 0.3) is 0 Å². The van der Waals surface area contributed by atoms with Crippen LogP contribution in [0.25, 0.3) is 0 Å². The molecule has 0 aromatic heterocycles. The Morgan fingerprint density at radius 2 is 2.09 bits per heavy atom. The molecule has 0 bridgehead atoms. The molecule has 3 N–H and O–H groups in total. The van der Waals surface area contributed by atoms with Crippen molar-refractivity contribution in [2.75, 3.05) is 18.1 Å². The number of nitrogens with two attached hydrogens (primary N) is 1. The van der Waals surface area contributed by atoms with Gasteiger partial charge in [0.1, 0.15) is 0 Å². The van der Waals surface area contributed by atoms with Gasteiger partial charge in [-0.3, -0.25) is 0 Å². The molecule has 6 heteroatoms. The summed E-state index contributed by atoms with van der Waals surface area (Å²) in [4.78, 5) is 0. The number of rotatable bonds is 4. The third-order valence-corrected chi connectivity index (χ3v) is 5.94. The molecular formula is C16H24N2O3S. The highest BCUT2D eigenvalue weighted by molar-refractivity contribution is 7.89. The first-order valence-electron chi connectivity index (χ1n) is 8.03. The molecule has 1 aliphatic carbocycles. The number of nitrogens with one attached hydrogen (secondary N) is 1. The van der Waals surface area contributed by atoms with E-state index >= 15 is 0 Å². The molecule has 1 saturated heterocycles. The van der Waals surface area contributed by atoms with Crippen molar-refractivity contribution in [1.29, 1.82) is 0 Å². The van der Waals surface area contributed by atoms with E-state index in [9.17, 15) is 8.42 Å². The maximum atomic E-state index is 12.4. The van der Waals surface area contributed by atoms with Crippen LogP contribution in [-0.4, -0.2) is 26.9 Å². The Bertz CT molecular complexity index is 624. The van der Waals surface area contributed by atoms with Crippen LogP contribution in [0.5, 0.6) is 0 Å². The van der Waals surface area contributed by atoms with Crippen molar-refractivity contribution >= 4 is 15.7 Å². The second-order valence-corrected chi connectivity index (χ2v) is 8.09. The minimum absolute atomic E-state index is 0.0633. The molecule has 22 heavy (non-hydrogen) atoms. The van der Waals surface area contributed by atoms with Crippen LogP contribution in [0.2, 0.25) is 0 Å². The number of hydrogen-bond donors (Lipinski definition) is 2. The molecule has 1 aliphatic heterocycles. The van der Waals surface area contributed by atoms with Gasteiger partial charge in [-0.15, -0.1) is 0 Å². The Kier molecular flexibility index (Phi) is 4.70. The molecular weight excluding hydrogens is 300 g/mol. The molecule has 0 spiro atoms. The van der Waals surface area contributed by atoms with Crippen molar-refractivity contribution in [3.8, 4) is 0 Å². The van der Waals surface area contributed by atoms with E-state index < -0.39 is 10.0 Å². The lowest BCUT2D eigenvalue weighted by molar-refractivity contribution is 0.0303. The Labute approximate surface area is 132 Å². The summed E-state index contributed by atoms with van der Waals surface area (Å²) in [5.41, 5.74) is 8.78. The summed E-state index contributed by atoms with van der Waals surface area (Å²) in [7, 11) is -3.34. The van der Waals surface area contributed by atoms with Crippen molar-refractivity contribution in [2.24, 2.45) is 0 Å². The molecule has 5 nitrogen and oxygen atoms in total. The minimum Gasteiger partial charge on any atom is -0.399 e. The second kappa shape index (κ2) is 6.56. The van der Waals surface area contributed by atoms with Crippen LogP contribution in [0.3, 0.4) is 0 Å². The highest BCUT2D eigenvalue weighted by Gasteiger charge is 2.27. The lowest BCUT2D eigenvalue weighted by Crippen LogP contribution is -2.38. The second-order valence-electron chi connectivity index (χ2n) is 6.29. The van der Waals surface area contributed by atoms with Crippen LogP contribution >= 0.6 is 0 Å². The van der Waals surface area contributed by atoms with Crippen molar-refractivity contribution in [2.45, 2.75) is 50.7 Å². The predicted molar refractivity (Wildman–Crippen MR) is 87.0 cm³/mol. The Hall–Kier alpha value is -1.11. The molecule has 1 aromatic carbocycles. The zero-order valence-electron chi connectivity index (χ0n) is 12.8. The predicted octanol–water partition coefficient (Wildman–Crippen LogP) is 2.13. The molecule has 0 radical (unpaired) electrons. The van der Waals surface area contributed by atoms with Crippen LogP contribution in [-0.2, 0) is 21.2 Å². The third kappa shape index (κ3) is 3.80. The van der Waals surface area contributed by atoms with E-state index in [1.165, 1.54) is 0 Å². The number of sulfonamides is 1. The molecule has 1 heterocycles. The third-order valence-electron chi connectivity index (χ3n) is 4.48. The highest BCUT2D eigenvalue weighted by atomic mass is 32.2.